The molecule has 228 valence electrons. The van der Waals surface area contributed by atoms with E-state index in [1.807, 2.05) is 54.6 Å². The maximum Gasteiger partial charge on any atom is -0.0240 e. The van der Waals surface area contributed by atoms with Crippen LogP contribution in [0.5, 0.6) is 0 Å². The molecule has 0 bridgehead atoms. The molecule has 9 rings (SSSR count). The van der Waals surface area contributed by atoms with E-state index in [1.54, 1.807) is 0 Å². The van der Waals surface area contributed by atoms with Crippen LogP contribution in [0.3, 0.4) is 0 Å². The molecule has 0 N–H and O–H groups in total. The zero-order chi connectivity index (χ0) is 30.6. The van der Waals surface area contributed by atoms with Crippen molar-refractivity contribution in [3.05, 3.63) is 197 Å². The van der Waals surface area contributed by atoms with Crippen LogP contribution in [0.1, 0.15) is 22.3 Å². The minimum Gasteiger partial charge on any atom is -1.00 e. The van der Waals surface area contributed by atoms with Crippen LogP contribution in [-0.2, 0) is 30.7 Å². The Morgan fingerprint density at radius 2 is 1.30 bits per heavy atom. The molecule has 0 fully saturated rings. The molecule has 0 aromatic heterocycles. The molecule has 0 atom stereocenters. The molecule has 1 aliphatic rings. The molecule has 8 aromatic carbocycles. The Bertz CT molecular complexity index is 2260. The number of hydrogen-bond acceptors (Lipinski definition) is 0. The van der Waals surface area contributed by atoms with Gasteiger partial charge in [0.15, 0.2) is 0 Å². The van der Waals surface area contributed by atoms with Crippen LogP contribution in [0.4, 0.5) is 0 Å². The van der Waals surface area contributed by atoms with Crippen molar-refractivity contribution < 1.29 is 49.0 Å². The Hall–Kier alpha value is -3.71. The first-order chi connectivity index (χ1) is 22.2. The molecular formula is C43H29Cl3Zr-2. The number of halogens is 3. The molecular weight excluding hydrogens is 714 g/mol. The summed E-state index contributed by atoms with van der Waals surface area (Å²) in [5, 5.41) is 8.67. The van der Waals surface area contributed by atoms with Crippen molar-refractivity contribution in [2.24, 2.45) is 0 Å². The van der Waals surface area contributed by atoms with Gasteiger partial charge in [-0.15, -0.1) is 40.6 Å². The number of rotatable bonds is 2. The average Bonchev–Trinajstić information content (AvgIpc) is 3.81. The fraction of sp³-hybridized carbons (Fsp3) is 0.0233. The summed E-state index contributed by atoms with van der Waals surface area (Å²) in [5.41, 5.74) is 8.19. The molecule has 47 heavy (non-hydrogen) atoms. The molecule has 0 saturated carbocycles. The van der Waals surface area contributed by atoms with Gasteiger partial charge in [-0.2, -0.15) is 18.2 Å². The van der Waals surface area contributed by atoms with E-state index in [-0.39, 0.29) is 24.8 Å². The van der Waals surface area contributed by atoms with Crippen molar-refractivity contribution >= 4 is 47.1 Å². The third kappa shape index (κ3) is 7.25. The van der Waals surface area contributed by atoms with Crippen LogP contribution < -0.4 is 24.8 Å². The third-order valence-corrected chi connectivity index (χ3v) is 9.93. The van der Waals surface area contributed by atoms with Crippen molar-refractivity contribution in [3.63, 3.8) is 0 Å². The molecule has 0 amide bonds. The van der Waals surface area contributed by atoms with Crippen molar-refractivity contribution in [3.8, 4) is 11.1 Å². The summed E-state index contributed by atoms with van der Waals surface area (Å²) in [7, 11) is 0. The fourth-order valence-electron chi connectivity index (χ4n) is 6.29. The first-order valence-electron chi connectivity index (χ1n) is 15.1. The van der Waals surface area contributed by atoms with E-state index in [0.29, 0.717) is 0 Å². The molecule has 1 aliphatic carbocycles. The molecule has 0 spiro atoms. The first kappa shape index (κ1) is 34.6. The van der Waals surface area contributed by atoms with Crippen molar-refractivity contribution in [1.82, 2.24) is 0 Å². The minimum atomic E-state index is 0. The number of hydrogen-bond donors (Lipinski definition) is 0. The predicted octanol–water partition coefficient (Wildman–Crippen LogP) is 5.39. The number of fused-ring (bicyclic) bond motifs is 9. The molecule has 4 heteroatoms. The van der Waals surface area contributed by atoms with E-state index in [4.69, 9.17) is 11.6 Å². The van der Waals surface area contributed by atoms with E-state index in [1.165, 1.54) is 93.1 Å². The predicted molar refractivity (Wildman–Crippen MR) is 189 cm³/mol. The van der Waals surface area contributed by atoms with Gasteiger partial charge in [0, 0.05) is 0 Å². The molecule has 0 nitrogen and oxygen atoms in total. The SMILES string of the molecule is Clc1cccc([C](=[Zr+2])c2cccc3ccccc23)c1.[Cl-].[Cl-].[c-]1cccc2c1c1c(c3ccccc32)-c2ccccc2C1.c1cc[cH-]c1. The van der Waals surface area contributed by atoms with E-state index >= 15 is 0 Å². The normalized spacial score (nSPS) is 10.8. The summed E-state index contributed by atoms with van der Waals surface area (Å²) in [6, 6.07) is 60.4. The summed E-state index contributed by atoms with van der Waals surface area (Å²) >= 11 is 7.49. The quantitative estimate of drug-likeness (QED) is 0.165. The molecule has 8 aromatic rings. The van der Waals surface area contributed by atoms with Gasteiger partial charge in [-0.3, -0.25) is 0 Å². The van der Waals surface area contributed by atoms with Gasteiger partial charge < -0.3 is 24.8 Å². The minimum absolute atomic E-state index is 0. The van der Waals surface area contributed by atoms with E-state index < -0.39 is 0 Å². The summed E-state index contributed by atoms with van der Waals surface area (Å²) in [6.45, 7) is 0. The first-order valence-corrected chi connectivity index (χ1v) is 16.7. The summed E-state index contributed by atoms with van der Waals surface area (Å²) < 4.78 is 1.34. The van der Waals surface area contributed by atoms with Crippen molar-refractivity contribution in [2.45, 2.75) is 6.42 Å². The Kier molecular flexibility index (Phi) is 11.7. The fourth-order valence-corrected chi connectivity index (χ4v) is 7.40. The van der Waals surface area contributed by atoms with Gasteiger partial charge in [0.1, 0.15) is 0 Å². The van der Waals surface area contributed by atoms with Crippen LogP contribution in [0, 0.1) is 6.07 Å². The van der Waals surface area contributed by atoms with Crippen LogP contribution in [0.25, 0.3) is 43.4 Å². The second-order valence-electron chi connectivity index (χ2n) is 11.1. The van der Waals surface area contributed by atoms with Gasteiger partial charge >= 0.3 is 133 Å². The van der Waals surface area contributed by atoms with Crippen molar-refractivity contribution in [2.75, 3.05) is 0 Å². The Balaban J connectivity index is 0.000000156. The van der Waals surface area contributed by atoms with Crippen LogP contribution in [0.2, 0.25) is 5.02 Å². The number of benzene rings is 7. The van der Waals surface area contributed by atoms with Crippen molar-refractivity contribution in [1.29, 1.82) is 0 Å². The van der Waals surface area contributed by atoms with Gasteiger partial charge in [-0.05, 0) is 28.5 Å². The van der Waals surface area contributed by atoms with Crippen LogP contribution in [-0.4, -0.2) is 3.21 Å². The Labute approximate surface area is 308 Å². The maximum absolute atomic E-state index is 6.09. The summed E-state index contributed by atoms with van der Waals surface area (Å²) in [4.78, 5) is 0. The van der Waals surface area contributed by atoms with Gasteiger partial charge in [0.25, 0.3) is 0 Å². The monoisotopic (exact) mass is 740 g/mol. The third-order valence-electron chi connectivity index (χ3n) is 8.33. The molecule has 0 aliphatic heterocycles. The van der Waals surface area contributed by atoms with Gasteiger partial charge in [0.05, 0.1) is 0 Å². The topological polar surface area (TPSA) is 0 Å². The zero-order valence-corrected chi connectivity index (χ0v) is 30.2. The van der Waals surface area contributed by atoms with Crippen LogP contribution >= 0.6 is 11.6 Å². The summed E-state index contributed by atoms with van der Waals surface area (Å²) in [6.07, 6.45) is 1.02. The van der Waals surface area contributed by atoms with Gasteiger partial charge in [-0.1, -0.05) is 53.9 Å². The Morgan fingerprint density at radius 3 is 2.06 bits per heavy atom. The Morgan fingerprint density at radius 1 is 0.638 bits per heavy atom. The smallest absolute Gasteiger partial charge is 0.0240 e. The van der Waals surface area contributed by atoms with E-state index in [0.717, 1.165) is 11.4 Å². The van der Waals surface area contributed by atoms with Gasteiger partial charge in [-0.25, -0.2) is 12.1 Å². The standard InChI is InChI=1S/C21H13.C17H11Cl.C5H5.2ClH.Zr/c1-2-8-15-14(7-1)13-20-18-11-4-3-9-16(18)17-10-5-6-12-19(17)21(15)20;18-16-9-3-5-13(12-16)11-15-8-4-7-14-6-1-2-10-17(14)15;1-2-4-5-3-1;;;/h1-10,12H,13H2;1-10,12H;1-5H;2*1H;/q-1;;-1;;;+2/p-2. The second-order valence-corrected chi connectivity index (χ2v) is 12.7. The maximum atomic E-state index is 6.09. The molecule has 0 saturated heterocycles. The second kappa shape index (κ2) is 15.9. The zero-order valence-electron chi connectivity index (χ0n) is 25.4. The van der Waals surface area contributed by atoms with E-state index in [2.05, 4.69) is 115 Å². The van der Waals surface area contributed by atoms with Crippen LogP contribution in [0.15, 0.2) is 164 Å². The van der Waals surface area contributed by atoms with E-state index in [9.17, 15) is 0 Å². The summed E-state index contributed by atoms with van der Waals surface area (Å²) in [5.74, 6) is 0. The average molecular weight is 743 g/mol. The largest absolute Gasteiger partial charge is 1.00 e. The molecule has 0 unspecified atom stereocenters. The van der Waals surface area contributed by atoms with Gasteiger partial charge in [0.2, 0.25) is 0 Å². The molecule has 0 radical (unpaired) electrons. The molecule has 0 heterocycles.